The molecule has 0 bridgehead atoms. The van der Waals surface area contributed by atoms with Crippen LogP contribution in [0.2, 0.25) is 0 Å². The predicted octanol–water partition coefficient (Wildman–Crippen LogP) is 1.65. The van der Waals surface area contributed by atoms with Gasteiger partial charge in [-0.2, -0.15) is 0 Å². The second-order valence-electron chi connectivity index (χ2n) is 5.09. The van der Waals surface area contributed by atoms with E-state index in [4.69, 9.17) is 5.73 Å². The second-order valence-corrected chi connectivity index (χ2v) is 5.09. The van der Waals surface area contributed by atoms with Gasteiger partial charge in [-0.05, 0) is 39.0 Å². The summed E-state index contributed by atoms with van der Waals surface area (Å²) in [4.78, 5) is 13.4. The van der Waals surface area contributed by atoms with Crippen LogP contribution in [0.4, 0.5) is 11.4 Å². The molecule has 0 amide bonds. The van der Waals surface area contributed by atoms with Crippen LogP contribution in [0.5, 0.6) is 0 Å². The lowest BCUT2D eigenvalue weighted by molar-refractivity contribution is 0.0600. The van der Waals surface area contributed by atoms with Crippen molar-refractivity contribution in [3.8, 4) is 0 Å². The second kappa shape index (κ2) is 5.93. The quantitative estimate of drug-likeness (QED) is 0.626. The Morgan fingerprint density at radius 1 is 1.47 bits per heavy atom. The van der Waals surface area contributed by atoms with Gasteiger partial charge in [-0.3, -0.25) is 0 Å². The summed E-state index contributed by atoms with van der Waals surface area (Å²) >= 11 is 0. The number of aliphatic hydroxyl groups is 1. The molecule has 0 unspecified atom stereocenters. The molecule has 1 aromatic rings. The van der Waals surface area contributed by atoms with E-state index in [1.165, 1.54) is 7.11 Å². The molecule has 1 rings (SSSR count). The minimum absolute atomic E-state index is 0.413. The van der Waals surface area contributed by atoms with Crippen molar-refractivity contribution in [1.82, 2.24) is 0 Å². The smallest absolute Gasteiger partial charge is 0.337 e. The predicted molar refractivity (Wildman–Crippen MR) is 76.4 cm³/mol. The van der Waals surface area contributed by atoms with Crippen LogP contribution >= 0.6 is 0 Å². The summed E-state index contributed by atoms with van der Waals surface area (Å²) in [6, 6.07) is 5.04. The third kappa shape index (κ3) is 4.13. The Labute approximate surface area is 114 Å². The van der Waals surface area contributed by atoms with Gasteiger partial charge in [-0.25, -0.2) is 4.79 Å². The Balaban J connectivity index is 3.03. The van der Waals surface area contributed by atoms with Crippen LogP contribution in [0.25, 0.3) is 0 Å². The molecule has 106 valence electrons. The molecule has 0 aliphatic rings. The summed E-state index contributed by atoms with van der Waals surface area (Å²) in [6.45, 7) is 6.65. The lowest BCUT2D eigenvalue weighted by Crippen LogP contribution is -2.39. The van der Waals surface area contributed by atoms with E-state index in [9.17, 15) is 9.90 Å². The molecule has 0 aliphatic carbocycles. The van der Waals surface area contributed by atoms with Gasteiger partial charge in [-0.15, -0.1) is 0 Å². The van der Waals surface area contributed by atoms with Gasteiger partial charge < -0.3 is 20.5 Å². The van der Waals surface area contributed by atoms with E-state index in [1.807, 2.05) is 11.8 Å². The third-order valence-electron chi connectivity index (χ3n) is 2.75. The molecule has 0 heterocycles. The maximum absolute atomic E-state index is 11.4. The number of rotatable bonds is 5. The molecular formula is C14H22N2O3. The number of methoxy groups -OCH3 is 1. The Kier molecular flexibility index (Phi) is 4.78. The number of likely N-dealkylation sites (N-methyl/N-ethyl adjacent to an activating group) is 1. The molecule has 1 aromatic carbocycles. The molecule has 0 aromatic heterocycles. The fourth-order valence-electron chi connectivity index (χ4n) is 1.92. The number of anilines is 2. The zero-order valence-corrected chi connectivity index (χ0v) is 11.9. The van der Waals surface area contributed by atoms with Crippen LogP contribution in [-0.2, 0) is 4.74 Å². The number of carbonyl (C=O) groups excluding carboxylic acids is 1. The van der Waals surface area contributed by atoms with Gasteiger partial charge in [0.2, 0.25) is 0 Å². The Morgan fingerprint density at radius 3 is 2.53 bits per heavy atom. The van der Waals surface area contributed by atoms with E-state index in [1.54, 1.807) is 32.0 Å². The SMILES string of the molecule is CCN(CC(C)(C)O)c1ccc(C(=O)OC)cc1N. The van der Waals surface area contributed by atoms with Gasteiger partial charge in [0, 0.05) is 13.1 Å². The number of hydrogen-bond donors (Lipinski definition) is 2. The number of hydrogen-bond acceptors (Lipinski definition) is 5. The summed E-state index contributed by atoms with van der Waals surface area (Å²) in [5, 5.41) is 9.90. The highest BCUT2D eigenvalue weighted by atomic mass is 16.5. The van der Waals surface area contributed by atoms with Crippen molar-refractivity contribution >= 4 is 17.3 Å². The normalized spacial score (nSPS) is 11.2. The number of nitrogens with zero attached hydrogens (tertiary/aromatic N) is 1. The minimum Gasteiger partial charge on any atom is -0.465 e. The van der Waals surface area contributed by atoms with E-state index in [-0.39, 0.29) is 0 Å². The van der Waals surface area contributed by atoms with E-state index in [0.717, 1.165) is 5.69 Å². The Hall–Kier alpha value is -1.75. The van der Waals surface area contributed by atoms with Crippen molar-refractivity contribution in [3.63, 3.8) is 0 Å². The summed E-state index contributed by atoms with van der Waals surface area (Å²) < 4.78 is 4.65. The standard InChI is InChI=1S/C14H22N2O3/c1-5-16(9-14(2,3)18)12-7-6-10(8-11(12)15)13(17)19-4/h6-8,18H,5,9,15H2,1-4H3. The Morgan fingerprint density at radius 2 is 2.11 bits per heavy atom. The number of ether oxygens (including phenoxy) is 1. The van der Waals surface area contributed by atoms with Crippen LogP contribution < -0.4 is 10.6 Å². The fraction of sp³-hybridized carbons (Fsp3) is 0.500. The molecule has 5 heteroatoms. The molecule has 19 heavy (non-hydrogen) atoms. The molecule has 0 spiro atoms. The maximum Gasteiger partial charge on any atom is 0.337 e. The highest BCUT2D eigenvalue weighted by molar-refractivity contribution is 5.91. The minimum atomic E-state index is -0.816. The van der Waals surface area contributed by atoms with Gasteiger partial charge in [0.25, 0.3) is 0 Å². The first-order valence-electron chi connectivity index (χ1n) is 6.23. The van der Waals surface area contributed by atoms with Crippen molar-refractivity contribution in [2.24, 2.45) is 0 Å². The van der Waals surface area contributed by atoms with Gasteiger partial charge in [-0.1, -0.05) is 0 Å². The first-order chi connectivity index (χ1) is 8.78. The van der Waals surface area contributed by atoms with Crippen molar-refractivity contribution in [2.75, 3.05) is 30.8 Å². The summed E-state index contributed by atoms with van der Waals surface area (Å²) in [7, 11) is 1.33. The van der Waals surface area contributed by atoms with Crippen molar-refractivity contribution in [1.29, 1.82) is 0 Å². The van der Waals surface area contributed by atoms with Crippen LogP contribution in [0.1, 0.15) is 31.1 Å². The third-order valence-corrected chi connectivity index (χ3v) is 2.75. The number of nitrogens with two attached hydrogens (primary N) is 1. The van der Waals surface area contributed by atoms with Crippen LogP contribution in [-0.4, -0.2) is 36.9 Å². The van der Waals surface area contributed by atoms with Crippen molar-refractivity contribution < 1.29 is 14.6 Å². The first-order valence-corrected chi connectivity index (χ1v) is 6.23. The van der Waals surface area contributed by atoms with Crippen LogP contribution in [0.15, 0.2) is 18.2 Å². The fourth-order valence-corrected chi connectivity index (χ4v) is 1.92. The molecule has 0 saturated carbocycles. The molecular weight excluding hydrogens is 244 g/mol. The number of nitrogen functional groups attached to an aromatic ring is 1. The van der Waals surface area contributed by atoms with E-state index < -0.39 is 11.6 Å². The van der Waals surface area contributed by atoms with E-state index >= 15 is 0 Å². The Bertz CT molecular complexity index is 452. The van der Waals surface area contributed by atoms with Crippen molar-refractivity contribution in [3.05, 3.63) is 23.8 Å². The summed E-state index contributed by atoms with van der Waals surface area (Å²) in [5.41, 5.74) is 6.88. The number of benzene rings is 1. The number of carbonyl (C=O) groups is 1. The zero-order valence-electron chi connectivity index (χ0n) is 11.9. The molecule has 3 N–H and O–H groups in total. The molecule has 0 saturated heterocycles. The van der Waals surface area contributed by atoms with Crippen molar-refractivity contribution in [2.45, 2.75) is 26.4 Å². The lowest BCUT2D eigenvalue weighted by atomic mass is 10.1. The van der Waals surface area contributed by atoms with Gasteiger partial charge in [0.05, 0.1) is 29.6 Å². The topological polar surface area (TPSA) is 75.8 Å². The zero-order chi connectivity index (χ0) is 14.6. The van der Waals surface area contributed by atoms with E-state index in [0.29, 0.717) is 24.3 Å². The average Bonchev–Trinajstić information content (AvgIpc) is 2.34. The molecule has 0 radical (unpaired) electrons. The summed E-state index contributed by atoms with van der Waals surface area (Å²) in [6.07, 6.45) is 0. The van der Waals surface area contributed by atoms with Crippen LogP contribution in [0.3, 0.4) is 0 Å². The van der Waals surface area contributed by atoms with Gasteiger partial charge >= 0.3 is 5.97 Å². The summed E-state index contributed by atoms with van der Waals surface area (Å²) in [5.74, 6) is -0.413. The van der Waals surface area contributed by atoms with Crippen LogP contribution in [0, 0.1) is 0 Å². The molecule has 0 aliphatic heterocycles. The molecule has 0 fully saturated rings. The van der Waals surface area contributed by atoms with Gasteiger partial charge in [0.1, 0.15) is 0 Å². The highest BCUT2D eigenvalue weighted by Crippen LogP contribution is 2.26. The van der Waals surface area contributed by atoms with E-state index in [2.05, 4.69) is 4.74 Å². The monoisotopic (exact) mass is 266 g/mol. The average molecular weight is 266 g/mol. The molecule has 0 atom stereocenters. The molecule has 5 nitrogen and oxygen atoms in total. The van der Waals surface area contributed by atoms with Gasteiger partial charge in [0.15, 0.2) is 0 Å². The number of esters is 1. The largest absolute Gasteiger partial charge is 0.465 e. The maximum atomic E-state index is 11.4. The first kappa shape index (κ1) is 15.3. The highest BCUT2D eigenvalue weighted by Gasteiger charge is 2.19. The lowest BCUT2D eigenvalue weighted by Gasteiger charge is -2.30.